The van der Waals surface area contributed by atoms with Gasteiger partial charge in [-0.15, -0.1) is 0 Å². The van der Waals surface area contributed by atoms with Crippen molar-refractivity contribution in [2.75, 3.05) is 41.0 Å². The standard InChI is InChI=1S/C42H81NO7/c1-6-8-10-12-14-16-18-20-22-24-26-28-30-32-40(44)49-37-38(36-48-35-34-39(42(46)47)43(3,4)5)50-41(45)33-31-29-27-25-23-21-19-17-15-13-11-9-7-2/h38-39H,6-37H2,1-5H3/t38?,39-/m0/s1. The summed E-state index contributed by atoms with van der Waals surface area (Å²) < 4.78 is 17.1. The number of carboxylic acids is 1. The molecule has 0 amide bonds. The minimum Gasteiger partial charge on any atom is -0.544 e. The molecule has 0 rings (SSSR count). The minimum absolute atomic E-state index is 0.0489. The third-order valence-corrected chi connectivity index (χ3v) is 9.74. The summed E-state index contributed by atoms with van der Waals surface area (Å²) in [7, 11) is 5.41. The SMILES string of the molecule is CCCCCCCCCCCCCCCC(=O)OCC(COCC[C@@H](C(=O)[O-])[N+](C)(C)C)OC(=O)CCCCCCCCCCCCCCC. The van der Waals surface area contributed by atoms with E-state index >= 15 is 0 Å². The van der Waals surface area contributed by atoms with Crippen molar-refractivity contribution in [1.29, 1.82) is 0 Å². The fourth-order valence-electron chi connectivity index (χ4n) is 6.42. The molecule has 0 aromatic rings. The van der Waals surface area contributed by atoms with E-state index in [1.807, 2.05) is 0 Å². The molecule has 0 heterocycles. The van der Waals surface area contributed by atoms with Crippen molar-refractivity contribution in [1.82, 2.24) is 0 Å². The molecule has 0 aliphatic carbocycles. The predicted octanol–water partition coefficient (Wildman–Crippen LogP) is 9.64. The Kier molecular flexibility index (Phi) is 33.3. The molecule has 0 N–H and O–H groups in total. The van der Waals surface area contributed by atoms with E-state index in [1.54, 1.807) is 21.1 Å². The maximum absolute atomic E-state index is 12.7. The van der Waals surface area contributed by atoms with Crippen LogP contribution < -0.4 is 5.11 Å². The number of carboxylic acid groups (broad SMARTS) is 1. The van der Waals surface area contributed by atoms with Crippen molar-refractivity contribution < 1.29 is 38.2 Å². The van der Waals surface area contributed by atoms with Gasteiger partial charge in [0.05, 0.1) is 40.3 Å². The molecule has 0 fully saturated rings. The van der Waals surface area contributed by atoms with Gasteiger partial charge >= 0.3 is 11.9 Å². The lowest BCUT2D eigenvalue weighted by atomic mass is 10.0. The molecule has 0 aromatic carbocycles. The maximum atomic E-state index is 12.7. The Balaban J connectivity index is 4.34. The van der Waals surface area contributed by atoms with Crippen LogP contribution in [-0.2, 0) is 28.6 Å². The van der Waals surface area contributed by atoms with Crippen LogP contribution in [0, 0.1) is 0 Å². The van der Waals surface area contributed by atoms with E-state index in [0.29, 0.717) is 12.8 Å². The van der Waals surface area contributed by atoms with Gasteiger partial charge in [-0.2, -0.15) is 0 Å². The van der Waals surface area contributed by atoms with Gasteiger partial charge in [-0.05, 0) is 12.8 Å². The summed E-state index contributed by atoms with van der Waals surface area (Å²) in [6.07, 6.45) is 32.6. The largest absolute Gasteiger partial charge is 0.544 e. The highest BCUT2D eigenvalue weighted by Gasteiger charge is 2.25. The van der Waals surface area contributed by atoms with Crippen molar-refractivity contribution >= 4 is 17.9 Å². The first-order valence-electron chi connectivity index (χ1n) is 21.1. The predicted molar refractivity (Wildman–Crippen MR) is 204 cm³/mol. The van der Waals surface area contributed by atoms with Gasteiger partial charge in [-0.1, -0.05) is 168 Å². The Morgan fingerprint density at radius 1 is 0.520 bits per heavy atom. The Labute approximate surface area is 308 Å². The summed E-state index contributed by atoms with van der Waals surface area (Å²) in [5.41, 5.74) is 0. The highest BCUT2D eigenvalue weighted by Crippen LogP contribution is 2.15. The fraction of sp³-hybridized carbons (Fsp3) is 0.929. The molecular formula is C42H81NO7. The molecule has 8 nitrogen and oxygen atoms in total. The van der Waals surface area contributed by atoms with Crippen LogP contribution >= 0.6 is 0 Å². The van der Waals surface area contributed by atoms with Crippen LogP contribution in [0.15, 0.2) is 0 Å². The lowest BCUT2D eigenvalue weighted by molar-refractivity contribution is -0.889. The van der Waals surface area contributed by atoms with Gasteiger partial charge in [0.1, 0.15) is 12.6 Å². The molecule has 0 saturated heterocycles. The van der Waals surface area contributed by atoms with Crippen molar-refractivity contribution in [2.24, 2.45) is 0 Å². The Morgan fingerprint density at radius 2 is 0.880 bits per heavy atom. The molecule has 0 spiro atoms. The Morgan fingerprint density at radius 3 is 1.24 bits per heavy atom. The number of quaternary nitrogens is 1. The molecule has 0 radical (unpaired) electrons. The second kappa shape index (κ2) is 34.4. The van der Waals surface area contributed by atoms with E-state index in [-0.39, 0.29) is 42.7 Å². The van der Waals surface area contributed by atoms with Crippen LogP contribution in [0.5, 0.6) is 0 Å². The first-order valence-corrected chi connectivity index (χ1v) is 21.1. The number of ether oxygens (including phenoxy) is 3. The molecular weight excluding hydrogens is 630 g/mol. The molecule has 50 heavy (non-hydrogen) atoms. The normalized spacial score (nSPS) is 12.9. The third-order valence-electron chi connectivity index (χ3n) is 9.74. The molecule has 8 heteroatoms. The molecule has 296 valence electrons. The number of esters is 2. The van der Waals surface area contributed by atoms with Crippen LogP contribution in [-0.4, -0.2) is 75.5 Å². The average Bonchev–Trinajstić information content (AvgIpc) is 3.06. The lowest BCUT2D eigenvalue weighted by Gasteiger charge is -2.34. The quantitative estimate of drug-likeness (QED) is 0.0357. The number of unbranched alkanes of at least 4 members (excludes halogenated alkanes) is 24. The number of aliphatic carboxylic acids is 1. The topological polar surface area (TPSA) is 102 Å². The van der Waals surface area contributed by atoms with E-state index in [1.165, 1.54) is 128 Å². The van der Waals surface area contributed by atoms with E-state index < -0.39 is 18.1 Å². The number of hydrogen-bond acceptors (Lipinski definition) is 7. The summed E-state index contributed by atoms with van der Waals surface area (Å²) in [5, 5.41) is 11.6. The van der Waals surface area contributed by atoms with Gasteiger partial charge in [-0.25, -0.2) is 0 Å². The van der Waals surface area contributed by atoms with Gasteiger partial charge < -0.3 is 28.6 Å². The van der Waals surface area contributed by atoms with Crippen molar-refractivity contribution in [2.45, 2.75) is 212 Å². The lowest BCUT2D eigenvalue weighted by Crippen LogP contribution is -2.55. The molecule has 0 aliphatic rings. The zero-order valence-electron chi connectivity index (χ0n) is 33.6. The van der Waals surface area contributed by atoms with Gasteiger partial charge in [0.15, 0.2) is 6.10 Å². The third kappa shape index (κ3) is 32.3. The molecule has 2 atom stereocenters. The average molecular weight is 712 g/mol. The summed E-state index contributed by atoms with van der Waals surface area (Å²) in [5.74, 6) is -1.72. The van der Waals surface area contributed by atoms with E-state index in [0.717, 1.165) is 38.5 Å². The highest BCUT2D eigenvalue weighted by molar-refractivity contribution is 5.70. The number of carbonyl (C=O) groups excluding carboxylic acids is 3. The van der Waals surface area contributed by atoms with Crippen LogP contribution in [0.4, 0.5) is 0 Å². The minimum atomic E-state index is -1.12. The Bertz CT molecular complexity index is 797. The molecule has 0 aliphatic heterocycles. The number of hydrogen-bond donors (Lipinski definition) is 0. The number of rotatable bonds is 38. The molecule has 0 bridgehead atoms. The second-order valence-corrected chi connectivity index (χ2v) is 15.6. The van der Waals surface area contributed by atoms with Crippen LogP contribution in [0.1, 0.15) is 200 Å². The zero-order valence-corrected chi connectivity index (χ0v) is 33.6. The summed E-state index contributed by atoms with van der Waals surface area (Å²) >= 11 is 0. The highest BCUT2D eigenvalue weighted by atomic mass is 16.6. The summed E-state index contributed by atoms with van der Waals surface area (Å²) in [6.45, 7) is 4.68. The van der Waals surface area contributed by atoms with Gasteiger partial charge in [0.2, 0.25) is 0 Å². The monoisotopic (exact) mass is 712 g/mol. The van der Waals surface area contributed by atoms with Crippen LogP contribution in [0.2, 0.25) is 0 Å². The number of carbonyl (C=O) groups is 3. The number of likely N-dealkylation sites (N-methyl/N-ethyl adjacent to an activating group) is 1. The van der Waals surface area contributed by atoms with Crippen molar-refractivity contribution in [3.63, 3.8) is 0 Å². The van der Waals surface area contributed by atoms with Gasteiger partial charge in [0, 0.05) is 19.3 Å². The molecule has 1 unspecified atom stereocenters. The Hall–Kier alpha value is -1.67. The van der Waals surface area contributed by atoms with E-state index in [2.05, 4.69) is 13.8 Å². The zero-order chi connectivity index (χ0) is 37.1. The fourth-order valence-corrected chi connectivity index (χ4v) is 6.42. The van der Waals surface area contributed by atoms with Gasteiger partial charge in [-0.3, -0.25) is 9.59 Å². The summed E-state index contributed by atoms with van der Waals surface area (Å²) in [4.78, 5) is 36.7. The summed E-state index contributed by atoms with van der Waals surface area (Å²) in [6, 6.07) is -0.718. The molecule has 0 aromatic heterocycles. The van der Waals surface area contributed by atoms with Gasteiger partial charge in [0.25, 0.3) is 0 Å². The first-order chi connectivity index (χ1) is 24.1. The van der Waals surface area contributed by atoms with Crippen molar-refractivity contribution in [3.8, 4) is 0 Å². The van der Waals surface area contributed by atoms with Crippen molar-refractivity contribution in [3.05, 3.63) is 0 Å². The van der Waals surface area contributed by atoms with E-state index in [9.17, 15) is 19.5 Å². The smallest absolute Gasteiger partial charge is 0.306 e. The first kappa shape index (κ1) is 48.3. The number of nitrogens with zero attached hydrogens (tertiary/aromatic N) is 1. The van der Waals surface area contributed by atoms with Crippen LogP contribution in [0.25, 0.3) is 0 Å². The molecule has 0 saturated carbocycles. The maximum Gasteiger partial charge on any atom is 0.306 e. The van der Waals surface area contributed by atoms with Crippen LogP contribution in [0.3, 0.4) is 0 Å². The second-order valence-electron chi connectivity index (χ2n) is 15.6. The van der Waals surface area contributed by atoms with E-state index in [4.69, 9.17) is 14.2 Å².